The lowest BCUT2D eigenvalue weighted by Gasteiger charge is -2.20. The number of hydrogen-bond donors (Lipinski definition) is 1. The summed E-state index contributed by atoms with van der Waals surface area (Å²) < 4.78 is 12.8. The summed E-state index contributed by atoms with van der Waals surface area (Å²) >= 11 is 1.28. The van der Waals surface area contributed by atoms with Crippen LogP contribution in [0.15, 0.2) is 10.2 Å². The molecule has 0 amide bonds. The predicted octanol–water partition coefficient (Wildman–Crippen LogP) is 2.18. The third-order valence-corrected chi connectivity index (χ3v) is 3.13. The molecule has 1 rings (SSSR count). The van der Waals surface area contributed by atoms with Gasteiger partial charge in [0.05, 0.1) is 5.75 Å². The van der Waals surface area contributed by atoms with Crippen molar-refractivity contribution < 1.29 is 4.39 Å². The van der Waals surface area contributed by atoms with Gasteiger partial charge in [0, 0.05) is 6.21 Å². The average molecular weight is 241 g/mol. The van der Waals surface area contributed by atoms with Crippen LogP contribution in [0.3, 0.4) is 0 Å². The van der Waals surface area contributed by atoms with Crippen molar-refractivity contribution in [2.75, 3.05) is 5.75 Å². The normalized spacial score (nSPS) is 26.9. The number of hydrogen-bond acceptors (Lipinski definition) is 3. The SMILES string of the molecule is C#CCS/C(N)=N\N=C\C1CCC(F)CC1. The molecule has 0 unspecified atom stereocenters. The van der Waals surface area contributed by atoms with Crippen molar-refractivity contribution in [3.8, 4) is 12.3 Å². The van der Waals surface area contributed by atoms with E-state index in [2.05, 4.69) is 16.1 Å². The van der Waals surface area contributed by atoms with Crippen LogP contribution >= 0.6 is 11.8 Å². The molecule has 5 heteroatoms. The Labute approximate surface area is 99.8 Å². The summed E-state index contributed by atoms with van der Waals surface area (Å²) in [7, 11) is 0. The smallest absolute Gasteiger partial charge is 0.181 e. The minimum Gasteiger partial charge on any atom is -0.377 e. The van der Waals surface area contributed by atoms with Gasteiger partial charge in [0.15, 0.2) is 5.17 Å². The fraction of sp³-hybridized carbons (Fsp3) is 0.636. The van der Waals surface area contributed by atoms with Crippen LogP contribution in [0, 0.1) is 18.3 Å². The molecule has 3 nitrogen and oxygen atoms in total. The highest BCUT2D eigenvalue weighted by Gasteiger charge is 2.18. The zero-order chi connectivity index (χ0) is 11.8. The number of nitrogens with zero attached hydrogens (tertiary/aromatic N) is 2. The first-order valence-corrected chi connectivity index (χ1v) is 6.28. The molecule has 0 saturated heterocycles. The van der Waals surface area contributed by atoms with Crippen LogP contribution in [-0.4, -0.2) is 23.3 Å². The minimum atomic E-state index is -0.635. The van der Waals surface area contributed by atoms with Crippen molar-refractivity contribution in [2.24, 2.45) is 21.9 Å². The minimum absolute atomic E-state index is 0.334. The number of halogens is 1. The van der Waals surface area contributed by atoms with Crippen molar-refractivity contribution in [1.82, 2.24) is 0 Å². The molecule has 16 heavy (non-hydrogen) atoms. The average Bonchev–Trinajstić information content (AvgIpc) is 2.29. The molecule has 0 aromatic heterocycles. The van der Waals surface area contributed by atoms with Crippen LogP contribution in [-0.2, 0) is 0 Å². The molecule has 0 radical (unpaired) electrons. The molecule has 0 atom stereocenters. The van der Waals surface area contributed by atoms with E-state index < -0.39 is 6.17 Å². The lowest BCUT2D eigenvalue weighted by atomic mass is 9.89. The first-order valence-electron chi connectivity index (χ1n) is 5.29. The Hall–Kier alpha value is -1.02. The molecule has 1 fully saturated rings. The van der Waals surface area contributed by atoms with Gasteiger partial charge < -0.3 is 5.73 Å². The first kappa shape index (κ1) is 13.0. The lowest BCUT2D eigenvalue weighted by Crippen LogP contribution is -2.15. The summed E-state index contributed by atoms with van der Waals surface area (Å²) in [4.78, 5) is 0. The molecule has 0 bridgehead atoms. The van der Waals surface area contributed by atoms with E-state index in [-0.39, 0.29) is 0 Å². The van der Waals surface area contributed by atoms with Gasteiger partial charge in [-0.1, -0.05) is 17.7 Å². The Morgan fingerprint density at radius 3 is 2.81 bits per heavy atom. The van der Waals surface area contributed by atoms with Crippen LogP contribution in [0.25, 0.3) is 0 Å². The van der Waals surface area contributed by atoms with E-state index in [9.17, 15) is 4.39 Å². The maximum atomic E-state index is 12.8. The van der Waals surface area contributed by atoms with Gasteiger partial charge >= 0.3 is 0 Å². The summed E-state index contributed by atoms with van der Waals surface area (Å²) in [6.07, 6.45) is 9.15. The van der Waals surface area contributed by atoms with E-state index in [1.54, 1.807) is 6.21 Å². The summed E-state index contributed by atoms with van der Waals surface area (Å²) in [5, 5.41) is 8.08. The molecule has 0 aromatic carbocycles. The summed E-state index contributed by atoms with van der Waals surface area (Å²) in [5.41, 5.74) is 5.54. The number of terminal acetylenes is 1. The van der Waals surface area contributed by atoms with Gasteiger partial charge in [0.25, 0.3) is 0 Å². The topological polar surface area (TPSA) is 50.7 Å². The highest BCUT2D eigenvalue weighted by atomic mass is 32.2. The van der Waals surface area contributed by atoms with Crippen LogP contribution in [0.2, 0.25) is 0 Å². The highest BCUT2D eigenvalue weighted by Crippen LogP contribution is 2.24. The van der Waals surface area contributed by atoms with E-state index in [4.69, 9.17) is 12.2 Å². The monoisotopic (exact) mass is 241 g/mol. The van der Waals surface area contributed by atoms with Gasteiger partial charge in [-0.25, -0.2) is 4.39 Å². The molecule has 88 valence electrons. The second-order valence-electron chi connectivity index (χ2n) is 3.71. The third-order valence-electron chi connectivity index (χ3n) is 2.44. The molecular formula is C11H16FN3S. The molecular weight excluding hydrogens is 225 g/mol. The number of alkyl halides is 1. The quantitative estimate of drug-likeness (QED) is 0.356. The first-order chi connectivity index (χ1) is 7.72. The standard InChI is InChI=1S/C11H16FN3S/c1-2-7-16-11(13)15-14-8-9-3-5-10(12)6-4-9/h1,8-10H,3-7H2,(H2,13,15)/b14-8+. The van der Waals surface area contributed by atoms with E-state index in [0.717, 1.165) is 12.8 Å². The number of rotatable bonds is 3. The second kappa shape index (κ2) is 7.29. The molecule has 0 spiro atoms. The lowest BCUT2D eigenvalue weighted by molar-refractivity contribution is 0.234. The van der Waals surface area contributed by atoms with E-state index in [1.165, 1.54) is 11.8 Å². The molecule has 1 aliphatic rings. The van der Waals surface area contributed by atoms with Gasteiger partial charge in [0.2, 0.25) is 0 Å². The fourth-order valence-corrected chi connectivity index (χ4v) is 1.89. The number of amidine groups is 1. The third kappa shape index (κ3) is 5.17. The molecule has 0 aliphatic heterocycles. The molecule has 1 saturated carbocycles. The Balaban J connectivity index is 2.28. The maximum Gasteiger partial charge on any atom is 0.181 e. The zero-order valence-electron chi connectivity index (χ0n) is 9.10. The Morgan fingerprint density at radius 1 is 1.50 bits per heavy atom. The van der Waals surface area contributed by atoms with Crippen LogP contribution in [0.5, 0.6) is 0 Å². The molecule has 0 aromatic rings. The predicted molar refractivity (Wildman–Crippen MR) is 68.3 cm³/mol. The summed E-state index contributed by atoms with van der Waals surface area (Å²) in [6, 6.07) is 0. The molecule has 2 N–H and O–H groups in total. The van der Waals surface area contributed by atoms with Crippen LogP contribution in [0.1, 0.15) is 25.7 Å². The van der Waals surface area contributed by atoms with Gasteiger partial charge in [-0.2, -0.15) is 5.10 Å². The zero-order valence-corrected chi connectivity index (χ0v) is 9.92. The largest absolute Gasteiger partial charge is 0.377 e. The van der Waals surface area contributed by atoms with Crippen molar-refractivity contribution in [3.63, 3.8) is 0 Å². The van der Waals surface area contributed by atoms with E-state index >= 15 is 0 Å². The van der Waals surface area contributed by atoms with Crippen LogP contribution in [0.4, 0.5) is 4.39 Å². The Kier molecular flexibility index (Phi) is 5.94. The van der Waals surface area contributed by atoms with Crippen molar-refractivity contribution in [2.45, 2.75) is 31.9 Å². The van der Waals surface area contributed by atoms with Crippen molar-refractivity contribution in [3.05, 3.63) is 0 Å². The van der Waals surface area contributed by atoms with Gasteiger partial charge in [0.1, 0.15) is 6.17 Å². The van der Waals surface area contributed by atoms with E-state index in [1.807, 2.05) is 0 Å². The van der Waals surface area contributed by atoms with Crippen molar-refractivity contribution in [1.29, 1.82) is 0 Å². The number of nitrogens with two attached hydrogens (primary N) is 1. The summed E-state index contributed by atoms with van der Waals surface area (Å²) in [6.45, 7) is 0. The maximum absolute atomic E-state index is 12.8. The summed E-state index contributed by atoms with van der Waals surface area (Å²) in [5.74, 6) is 3.28. The second-order valence-corrected chi connectivity index (χ2v) is 4.70. The van der Waals surface area contributed by atoms with Gasteiger partial charge in [-0.05, 0) is 31.6 Å². The van der Waals surface area contributed by atoms with Gasteiger partial charge in [-0.3, -0.25) is 0 Å². The Morgan fingerprint density at radius 2 is 2.19 bits per heavy atom. The Bertz CT molecular complexity index is 301. The van der Waals surface area contributed by atoms with Crippen molar-refractivity contribution >= 4 is 23.1 Å². The molecule has 1 aliphatic carbocycles. The van der Waals surface area contributed by atoms with Crippen LogP contribution < -0.4 is 5.73 Å². The van der Waals surface area contributed by atoms with E-state index in [0.29, 0.717) is 29.7 Å². The highest BCUT2D eigenvalue weighted by molar-refractivity contribution is 8.13. The fourth-order valence-electron chi connectivity index (χ4n) is 1.56. The number of thioether (sulfide) groups is 1. The molecule has 0 heterocycles. The van der Waals surface area contributed by atoms with Gasteiger partial charge in [-0.15, -0.1) is 11.5 Å².